The highest BCUT2D eigenvalue weighted by molar-refractivity contribution is 7.10. The van der Waals surface area contributed by atoms with Crippen molar-refractivity contribution in [2.45, 2.75) is 39.5 Å². The molecule has 1 N–H and O–H groups in total. The first-order valence-corrected chi connectivity index (χ1v) is 7.79. The van der Waals surface area contributed by atoms with Gasteiger partial charge in [0.05, 0.1) is 0 Å². The van der Waals surface area contributed by atoms with Gasteiger partial charge in [-0.15, -0.1) is 11.3 Å². The van der Waals surface area contributed by atoms with Crippen molar-refractivity contribution in [1.29, 1.82) is 0 Å². The van der Waals surface area contributed by atoms with Crippen molar-refractivity contribution in [3.05, 3.63) is 51.7 Å². The van der Waals surface area contributed by atoms with Crippen LogP contribution < -0.4 is 10.1 Å². The molecule has 1 heterocycles. The number of hydrogen-bond donors (Lipinski definition) is 1. The van der Waals surface area contributed by atoms with Gasteiger partial charge in [-0.1, -0.05) is 19.1 Å². The lowest BCUT2D eigenvalue weighted by Crippen LogP contribution is -2.20. The molecule has 5 heteroatoms. The summed E-state index contributed by atoms with van der Waals surface area (Å²) in [6, 6.07) is 9.16. The second-order valence-corrected chi connectivity index (χ2v) is 5.91. The summed E-state index contributed by atoms with van der Waals surface area (Å²) >= 11 is 1.74. The number of aryl methyl sites for hydroxylation is 1. The molecule has 0 aliphatic rings. The van der Waals surface area contributed by atoms with E-state index in [1.807, 2.05) is 12.1 Å². The van der Waals surface area contributed by atoms with E-state index in [1.54, 1.807) is 23.5 Å². The van der Waals surface area contributed by atoms with Gasteiger partial charge in [-0.25, -0.2) is 0 Å². The molecule has 0 aliphatic carbocycles. The molecule has 0 bridgehead atoms. The molecule has 1 aromatic heterocycles. The molecule has 0 saturated heterocycles. The molecule has 0 aliphatic heterocycles. The average molecular weight is 311 g/mol. The van der Waals surface area contributed by atoms with E-state index in [1.165, 1.54) is 10.4 Å². The molecule has 21 heavy (non-hydrogen) atoms. The molecule has 2 nitrogen and oxygen atoms in total. The highest BCUT2D eigenvalue weighted by Crippen LogP contribution is 2.22. The Morgan fingerprint density at radius 1 is 1.19 bits per heavy atom. The first-order valence-electron chi connectivity index (χ1n) is 6.91. The van der Waals surface area contributed by atoms with E-state index >= 15 is 0 Å². The molecular formula is C16H19F2NOS. The number of nitrogens with one attached hydrogen (secondary N) is 1. The molecule has 1 unspecified atom stereocenters. The summed E-state index contributed by atoms with van der Waals surface area (Å²) in [6.07, 6.45) is 0.929. The van der Waals surface area contributed by atoms with Gasteiger partial charge in [0.1, 0.15) is 5.75 Å². The quantitative estimate of drug-likeness (QED) is 0.785. The number of halogens is 2. The first kappa shape index (κ1) is 15.9. The third kappa shape index (κ3) is 4.51. The van der Waals surface area contributed by atoms with Crippen molar-refractivity contribution in [3.8, 4) is 5.75 Å². The van der Waals surface area contributed by atoms with Gasteiger partial charge >= 0.3 is 6.61 Å². The third-order valence-corrected chi connectivity index (χ3v) is 4.31. The number of thiophene rings is 1. The molecule has 0 radical (unpaired) electrons. The first-order chi connectivity index (χ1) is 10.1. The Labute approximate surface area is 127 Å². The lowest BCUT2D eigenvalue weighted by Gasteiger charge is -2.18. The van der Waals surface area contributed by atoms with Gasteiger partial charge in [-0.05, 0) is 48.1 Å². The fraction of sp³-hybridized carbons (Fsp3) is 0.375. The fourth-order valence-electron chi connectivity index (χ4n) is 2.21. The highest BCUT2D eigenvalue weighted by atomic mass is 32.1. The predicted molar refractivity (Wildman–Crippen MR) is 82.0 cm³/mol. The van der Waals surface area contributed by atoms with Crippen LogP contribution in [0.25, 0.3) is 0 Å². The largest absolute Gasteiger partial charge is 0.435 e. The molecule has 1 atom stereocenters. The van der Waals surface area contributed by atoms with E-state index in [-0.39, 0.29) is 11.8 Å². The number of benzene rings is 1. The van der Waals surface area contributed by atoms with E-state index in [9.17, 15) is 8.78 Å². The van der Waals surface area contributed by atoms with Crippen LogP contribution in [0.15, 0.2) is 35.7 Å². The van der Waals surface area contributed by atoms with E-state index in [2.05, 4.69) is 35.3 Å². The van der Waals surface area contributed by atoms with Crippen molar-refractivity contribution in [1.82, 2.24) is 5.32 Å². The van der Waals surface area contributed by atoms with Gasteiger partial charge in [-0.3, -0.25) is 0 Å². The van der Waals surface area contributed by atoms with Crippen molar-refractivity contribution < 1.29 is 13.5 Å². The molecule has 0 amide bonds. The van der Waals surface area contributed by atoms with Gasteiger partial charge in [0, 0.05) is 17.5 Å². The average Bonchev–Trinajstić information content (AvgIpc) is 2.86. The minimum atomic E-state index is -2.78. The maximum absolute atomic E-state index is 12.1. The monoisotopic (exact) mass is 311 g/mol. The second-order valence-electron chi connectivity index (χ2n) is 4.79. The molecule has 114 valence electrons. The van der Waals surface area contributed by atoms with Crippen molar-refractivity contribution in [3.63, 3.8) is 0 Å². The number of rotatable bonds is 7. The Balaban J connectivity index is 1.98. The second kappa shape index (κ2) is 7.52. The zero-order chi connectivity index (χ0) is 15.2. The zero-order valence-corrected chi connectivity index (χ0v) is 12.9. The number of alkyl halides is 2. The van der Waals surface area contributed by atoms with Gasteiger partial charge < -0.3 is 10.1 Å². The molecular weight excluding hydrogens is 292 g/mol. The zero-order valence-electron chi connectivity index (χ0n) is 12.1. The highest BCUT2D eigenvalue weighted by Gasteiger charge is 2.11. The smallest absolute Gasteiger partial charge is 0.387 e. The maximum Gasteiger partial charge on any atom is 0.387 e. The maximum atomic E-state index is 12.1. The molecule has 0 fully saturated rings. The van der Waals surface area contributed by atoms with Crippen LogP contribution in [0.3, 0.4) is 0 Å². The number of ether oxygens (including phenoxy) is 1. The Bertz CT molecular complexity index is 554. The van der Waals surface area contributed by atoms with E-state index in [0.717, 1.165) is 18.5 Å². The van der Waals surface area contributed by atoms with Crippen LogP contribution in [0, 0.1) is 6.92 Å². The standard InChI is InChI=1S/C16H19F2NOS/c1-3-15(19-10-13-8-9-21-11(13)2)12-4-6-14(7-5-12)20-16(17)18/h4-9,15-16,19H,3,10H2,1-2H3. The van der Waals surface area contributed by atoms with Crippen LogP contribution in [0.4, 0.5) is 8.78 Å². The summed E-state index contributed by atoms with van der Waals surface area (Å²) < 4.78 is 28.6. The summed E-state index contributed by atoms with van der Waals surface area (Å²) in [4.78, 5) is 1.32. The SMILES string of the molecule is CCC(NCc1ccsc1C)c1ccc(OC(F)F)cc1. The lowest BCUT2D eigenvalue weighted by atomic mass is 10.0. The van der Waals surface area contributed by atoms with Gasteiger partial charge in [0.2, 0.25) is 0 Å². The summed E-state index contributed by atoms with van der Waals surface area (Å²) in [5, 5.41) is 5.59. The molecule has 0 spiro atoms. The van der Waals surface area contributed by atoms with Crippen molar-refractivity contribution in [2.24, 2.45) is 0 Å². The Morgan fingerprint density at radius 3 is 2.43 bits per heavy atom. The Kier molecular flexibility index (Phi) is 5.70. The van der Waals surface area contributed by atoms with Crippen molar-refractivity contribution in [2.75, 3.05) is 0 Å². The molecule has 0 saturated carbocycles. The summed E-state index contributed by atoms with van der Waals surface area (Å²) in [6.45, 7) is 2.24. The normalized spacial score (nSPS) is 12.6. The topological polar surface area (TPSA) is 21.3 Å². The summed E-state index contributed by atoms with van der Waals surface area (Å²) in [7, 11) is 0. The van der Waals surface area contributed by atoms with Crippen LogP contribution in [0.1, 0.15) is 35.4 Å². The van der Waals surface area contributed by atoms with Gasteiger partial charge in [-0.2, -0.15) is 8.78 Å². The minimum absolute atomic E-state index is 0.192. The summed E-state index contributed by atoms with van der Waals surface area (Å²) in [5.41, 5.74) is 2.38. The van der Waals surface area contributed by atoms with Crippen molar-refractivity contribution >= 4 is 11.3 Å². The molecule has 2 rings (SSSR count). The van der Waals surface area contributed by atoms with E-state index < -0.39 is 6.61 Å². The van der Waals surface area contributed by atoms with Crippen LogP contribution in [-0.2, 0) is 6.54 Å². The Morgan fingerprint density at radius 2 is 1.90 bits per heavy atom. The predicted octanol–water partition coefficient (Wildman–Crippen LogP) is 4.90. The van der Waals surface area contributed by atoms with Gasteiger partial charge in [0.25, 0.3) is 0 Å². The summed E-state index contributed by atoms with van der Waals surface area (Å²) in [5.74, 6) is 0.192. The van der Waals surface area contributed by atoms with Crippen LogP contribution in [0.2, 0.25) is 0 Å². The Hall–Kier alpha value is -1.46. The van der Waals surface area contributed by atoms with Crippen LogP contribution >= 0.6 is 11.3 Å². The third-order valence-electron chi connectivity index (χ3n) is 3.42. The lowest BCUT2D eigenvalue weighted by molar-refractivity contribution is -0.0498. The number of hydrogen-bond acceptors (Lipinski definition) is 3. The molecule has 1 aromatic carbocycles. The molecule has 2 aromatic rings. The van der Waals surface area contributed by atoms with E-state index in [0.29, 0.717) is 0 Å². The van der Waals surface area contributed by atoms with Gasteiger partial charge in [0.15, 0.2) is 0 Å². The van der Waals surface area contributed by atoms with Crippen LogP contribution in [-0.4, -0.2) is 6.61 Å². The minimum Gasteiger partial charge on any atom is -0.435 e. The fourth-order valence-corrected chi connectivity index (χ4v) is 2.94. The van der Waals surface area contributed by atoms with E-state index in [4.69, 9.17) is 0 Å². The van der Waals surface area contributed by atoms with Crippen LogP contribution in [0.5, 0.6) is 5.75 Å².